The van der Waals surface area contributed by atoms with E-state index >= 15 is 0 Å². The van der Waals surface area contributed by atoms with E-state index in [2.05, 4.69) is 0 Å². The van der Waals surface area contributed by atoms with Crippen molar-refractivity contribution in [3.8, 4) is 0 Å². The number of hydrogen-bond acceptors (Lipinski definition) is 6. The average molecular weight is 278 g/mol. The van der Waals surface area contributed by atoms with Gasteiger partial charge in [0.15, 0.2) is 0 Å². The molecule has 0 saturated heterocycles. The van der Waals surface area contributed by atoms with Crippen LogP contribution in [0, 0.1) is 0 Å². The van der Waals surface area contributed by atoms with Gasteiger partial charge in [0.1, 0.15) is 0 Å². The number of rotatable bonds is 3. The SMILES string of the molecule is Nc1cccc(N)c1SSc1c(N)cccc1N. The van der Waals surface area contributed by atoms with Crippen LogP contribution in [0.15, 0.2) is 46.2 Å². The second kappa shape index (κ2) is 5.32. The molecule has 0 radical (unpaired) electrons. The van der Waals surface area contributed by atoms with Gasteiger partial charge >= 0.3 is 0 Å². The van der Waals surface area contributed by atoms with Crippen molar-refractivity contribution in [1.29, 1.82) is 0 Å². The van der Waals surface area contributed by atoms with Gasteiger partial charge in [0.25, 0.3) is 0 Å². The second-order valence-electron chi connectivity index (χ2n) is 3.70. The van der Waals surface area contributed by atoms with Crippen LogP contribution in [-0.2, 0) is 0 Å². The first-order valence-electron chi connectivity index (χ1n) is 5.22. The first-order valence-corrected chi connectivity index (χ1v) is 7.37. The summed E-state index contributed by atoms with van der Waals surface area (Å²) in [5.74, 6) is 0. The van der Waals surface area contributed by atoms with Gasteiger partial charge in [0.2, 0.25) is 0 Å². The fourth-order valence-corrected chi connectivity index (χ4v) is 3.90. The number of hydrogen-bond donors (Lipinski definition) is 4. The van der Waals surface area contributed by atoms with E-state index in [0.717, 1.165) is 9.79 Å². The van der Waals surface area contributed by atoms with E-state index in [1.54, 1.807) is 0 Å². The quantitative estimate of drug-likeness (QED) is 0.508. The smallest absolute Gasteiger partial charge is 0.0645 e. The Kier molecular flexibility index (Phi) is 3.78. The Morgan fingerprint density at radius 3 is 1.11 bits per heavy atom. The fourth-order valence-electron chi connectivity index (χ4n) is 1.42. The van der Waals surface area contributed by atoms with Crippen molar-refractivity contribution in [2.45, 2.75) is 9.79 Å². The van der Waals surface area contributed by atoms with Gasteiger partial charge in [-0.3, -0.25) is 0 Å². The molecular weight excluding hydrogens is 264 g/mol. The summed E-state index contributed by atoms with van der Waals surface area (Å²) in [6.07, 6.45) is 0. The van der Waals surface area contributed by atoms with Crippen LogP contribution in [0.4, 0.5) is 22.7 Å². The Bertz CT molecular complexity index is 480. The highest BCUT2D eigenvalue weighted by Crippen LogP contribution is 2.46. The van der Waals surface area contributed by atoms with Crippen molar-refractivity contribution >= 4 is 44.3 Å². The molecule has 6 heteroatoms. The topological polar surface area (TPSA) is 104 Å². The van der Waals surface area contributed by atoms with Crippen molar-refractivity contribution in [1.82, 2.24) is 0 Å². The lowest BCUT2D eigenvalue weighted by molar-refractivity contribution is 1.46. The van der Waals surface area contributed by atoms with E-state index in [9.17, 15) is 0 Å². The van der Waals surface area contributed by atoms with Gasteiger partial charge in [0.05, 0.1) is 9.79 Å². The summed E-state index contributed by atoms with van der Waals surface area (Å²) < 4.78 is 0. The van der Waals surface area contributed by atoms with E-state index in [0.29, 0.717) is 22.7 Å². The molecule has 0 aromatic heterocycles. The predicted octanol–water partition coefficient (Wildman–Crippen LogP) is 2.81. The van der Waals surface area contributed by atoms with Crippen LogP contribution in [0.25, 0.3) is 0 Å². The average Bonchev–Trinajstić information content (AvgIpc) is 2.31. The third-order valence-corrected chi connectivity index (χ3v) is 4.97. The first kappa shape index (κ1) is 12.8. The minimum atomic E-state index is 0.653. The van der Waals surface area contributed by atoms with Crippen LogP contribution in [-0.4, -0.2) is 0 Å². The molecule has 0 aliphatic rings. The molecule has 0 aliphatic carbocycles. The van der Waals surface area contributed by atoms with Crippen LogP contribution in [0.1, 0.15) is 0 Å². The van der Waals surface area contributed by atoms with Gasteiger partial charge in [0, 0.05) is 22.7 Å². The van der Waals surface area contributed by atoms with Crippen molar-refractivity contribution in [3.63, 3.8) is 0 Å². The third kappa shape index (κ3) is 2.60. The Labute approximate surface area is 113 Å². The zero-order valence-corrected chi connectivity index (χ0v) is 11.2. The fraction of sp³-hybridized carbons (Fsp3) is 0. The Morgan fingerprint density at radius 2 is 0.833 bits per heavy atom. The van der Waals surface area contributed by atoms with Gasteiger partial charge in [-0.25, -0.2) is 0 Å². The van der Waals surface area contributed by atoms with Crippen LogP contribution < -0.4 is 22.9 Å². The Balaban J connectivity index is 2.22. The van der Waals surface area contributed by atoms with E-state index in [-0.39, 0.29) is 0 Å². The van der Waals surface area contributed by atoms with Gasteiger partial charge < -0.3 is 22.9 Å². The molecule has 0 heterocycles. The zero-order valence-electron chi connectivity index (χ0n) is 9.59. The molecule has 0 unspecified atom stereocenters. The highest BCUT2D eigenvalue weighted by molar-refractivity contribution is 8.76. The summed E-state index contributed by atoms with van der Waals surface area (Å²) in [4.78, 5) is 1.68. The summed E-state index contributed by atoms with van der Waals surface area (Å²) >= 11 is 0. The maximum absolute atomic E-state index is 5.88. The maximum atomic E-state index is 5.88. The molecule has 2 aromatic rings. The number of nitrogens with two attached hydrogens (primary N) is 4. The largest absolute Gasteiger partial charge is 0.398 e. The van der Waals surface area contributed by atoms with Gasteiger partial charge in [-0.2, -0.15) is 0 Å². The van der Waals surface area contributed by atoms with E-state index in [1.165, 1.54) is 21.6 Å². The van der Waals surface area contributed by atoms with Crippen LogP contribution >= 0.6 is 21.6 Å². The van der Waals surface area contributed by atoms with Crippen molar-refractivity contribution in [2.75, 3.05) is 22.9 Å². The molecule has 0 aliphatic heterocycles. The van der Waals surface area contributed by atoms with E-state index in [1.807, 2.05) is 36.4 Å². The maximum Gasteiger partial charge on any atom is 0.0645 e. The monoisotopic (exact) mass is 278 g/mol. The van der Waals surface area contributed by atoms with Crippen molar-refractivity contribution in [2.24, 2.45) is 0 Å². The van der Waals surface area contributed by atoms with Gasteiger partial charge in [-0.05, 0) is 45.9 Å². The molecule has 0 spiro atoms. The molecule has 0 fully saturated rings. The molecule has 18 heavy (non-hydrogen) atoms. The van der Waals surface area contributed by atoms with Crippen molar-refractivity contribution in [3.05, 3.63) is 36.4 Å². The molecular formula is C12H14N4S2. The Hall–Kier alpha value is -1.66. The second-order valence-corrected chi connectivity index (χ2v) is 5.85. The van der Waals surface area contributed by atoms with Crippen LogP contribution in [0.3, 0.4) is 0 Å². The minimum absolute atomic E-state index is 0.653. The normalized spacial score (nSPS) is 10.4. The van der Waals surface area contributed by atoms with E-state index in [4.69, 9.17) is 22.9 Å². The Morgan fingerprint density at radius 1 is 0.556 bits per heavy atom. The summed E-state index contributed by atoms with van der Waals surface area (Å²) in [6.45, 7) is 0. The highest BCUT2D eigenvalue weighted by atomic mass is 33.1. The third-order valence-electron chi connectivity index (χ3n) is 2.36. The molecule has 4 nitrogen and oxygen atoms in total. The number of benzene rings is 2. The molecule has 2 aromatic carbocycles. The lowest BCUT2D eigenvalue weighted by atomic mass is 10.3. The summed E-state index contributed by atoms with van der Waals surface area (Å²) in [5, 5.41) is 0. The molecule has 0 atom stereocenters. The summed E-state index contributed by atoms with van der Waals surface area (Å²) in [5.41, 5.74) is 26.2. The summed E-state index contributed by atoms with van der Waals surface area (Å²) in [6, 6.07) is 10.9. The molecule has 8 N–H and O–H groups in total. The molecule has 94 valence electrons. The van der Waals surface area contributed by atoms with Gasteiger partial charge in [-0.1, -0.05) is 12.1 Å². The lowest BCUT2D eigenvalue weighted by Crippen LogP contribution is -1.95. The minimum Gasteiger partial charge on any atom is -0.398 e. The molecule has 0 saturated carbocycles. The predicted molar refractivity (Wildman–Crippen MR) is 82.2 cm³/mol. The number of anilines is 4. The standard InChI is InChI=1S/C12H14N4S2/c13-7-3-1-4-8(14)11(7)17-18-12-9(15)5-2-6-10(12)16/h1-6H,13-16H2. The summed E-state index contributed by atoms with van der Waals surface area (Å²) in [7, 11) is 2.92. The van der Waals surface area contributed by atoms with Crippen LogP contribution in [0.5, 0.6) is 0 Å². The first-order chi connectivity index (χ1) is 8.59. The molecule has 0 amide bonds. The van der Waals surface area contributed by atoms with E-state index < -0.39 is 0 Å². The van der Waals surface area contributed by atoms with Gasteiger partial charge in [-0.15, -0.1) is 0 Å². The molecule has 2 rings (SSSR count). The van der Waals surface area contributed by atoms with Crippen molar-refractivity contribution < 1.29 is 0 Å². The number of nitrogen functional groups attached to an aromatic ring is 4. The molecule has 0 bridgehead atoms. The zero-order chi connectivity index (χ0) is 13.1. The highest BCUT2D eigenvalue weighted by Gasteiger charge is 2.09. The van der Waals surface area contributed by atoms with Crippen LogP contribution in [0.2, 0.25) is 0 Å². The lowest BCUT2D eigenvalue weighted by Gasteiger charge is -2.10.